The Hall–Kier alpha value is -2.36. The number of nitrogens with zero attached hydrogens (tertiary/aromatic N) is 1. The van der Waals surface area contributed by atoms with E-state index in [1.807, 2.05) is 38.1 Å². The molecule has 2 aromatic heterocycles. The molecule has 1 aromatic carbocycles. The molecule has 0 radical (unpaired) electrons. The van der Waals surface area contributed by atoms with Crippen molar-refractivity contribution in [2.45, 2.75) is 13.8 Å². The number of carbonyl (C=O) groups is 1. The zero-order valence-corrected chi connectivity index (χ0v) is 11.1. The monoisotopic (exact) mass is 254 g/mol. The van der Waals surface area contributed by atoms with Gasteiger partial charge in [0.1, 0.15) is 0 Å². The van der Waals surface area contributed by atoms with Crippen LogP contribution in [0.1, 0.15) is 21.7 Å². The van der Waals surface area contributed by atoms with E-state index in [0.29, 0.717) is 5.69 Å². The number of fused-ring (bicyclic) bond motifs is 3. The first kappa shape index (κ1) is 11.7. The number of ether oxygens (including phenoxy) is 1. The molecule has 0 bridgehead atoms. The number of aromatic amines is 1. The Morgan fingerprint density at radius 2 is 2.00 bits per heavy atom. The summed E-state index contributed by atoms with van der Waals surface area (Å²) in [5.74, 6) is -0.396. The van der Waals surface area contributed by atoms with Gasteiger partial charge in [-0.1, -0.05) is 18.2 Å². The second-order valence-corrected chi connectivity index (χ2v) is 4.58. The summed E-state index contributed by atoms with van der Waals surface area (Å²) < 4.78 is 4.80. The first-order valence-electron chi connectivity index (χ1n) is 6.09. The van der Waals surface area contributed by atoms with E-state index in [2.05, 4.69) is 9.97 Å². The lowest BCUT2D eigenvalue weighted by Crippen LogP contribution is -2.08. The van der Waals surface area contributed by atoms with Gasteiger partial charge in [-0.05, 0) is 25.5 Å². The maximum absolute atomic E-state index is 11.8. The van der Waals surface area contributed by atoms with Gasteiger partial charge in [-0.3, -0.25) is 0 Å². The van der Waals surface area contributed by atoms with Crippen molar-refractivity contribution in [3.8, 4) is 0 Å². The van der Waals surface area contributed by atoms with Crippen LogP contribution in [0.5, 0.6) is 0 Å². The van der Waals surface area contributed by atoms with Crippen molar-refractivity contribution in [2.75, 3.05) is 7.11 Å². The van der Waals surface area contributed by atoms with Gasteiger partial charge in [0.2, 0.25) is 0 Å². The summed E-state index contributed by atoms with van der Waals surface area (Å²) in [5.41, 5.74) is 4.07. The SMILES string of the molecule is COC(=O)c1nc(C)c2[nH]c3ccccc3c2c1C. The van der Waals surface area contributed by atoms with E-state index in [1.54, 1.807) is 0 Å². The molecule has 0 saturated heterocycles. The lowest BCUT2D eigenvalue weighted by molar-refractivity contribution is 0.0593. The van der Waals surface area contributed by atoms with Crippen molar-refractivity contribution in [3.63, 3.8) is 0 Å². The lowest BCUT2D eigenvalue weighted by atomic mass is 10.1. The van der Waals surface area contributed by atoms with Crippen LogP contribution in [0.25, 0.3) is 21.8 Å². The highest BCUT2D eigenvalue weighted by atomic mass is 16.5. The summed E-state index contributed by atoms with van der Waals surface area (Å²) >= 11 is 0. The van der Waals surface area contributed by atoms with Crippen LogP contribution in [0.3, 0.4) is 0 Å². The number of pyridine rings is 1. The van der Waals surface area contributed by atoms with Crippen molar-refractivity contribution in [1.82, 2.24) is 9.97 Å². The quantitative estimate of drug-likeness (QED) is 0.679. The number of esters is 1. The number of carbonyl (C=O) groups excluding carboxylic acids is 1. The van der Waals surface area contributed by atoms with Crippen LogP contribution in [-0.2, 0) is 4.74 Å². The first-order chi connectivity index (χ1) is 9.13. The fraction of sp³-hybridized carbons (Fsp3) is 0.200. The third kappa shape index (κ3) is 1.60. The average Bonchev–Trinajstić information content (AvgIpc) is 2.82. The van der Waals surface area contributed by atoms with Crippen LogP contribution >= 0.6 is 0 Å². The summed E-state index contributed by atoms with van der Waals surface area (Å²) in [4.78, 5) is 19.5. The van der Waals surface area contributed by atoms with Crippen molar-refractivity contribution in [1.29, 1.82) is 0 Å². The molecule has 0 aliphatic carbocycles. The molecule has 1 N–H and O–H groups in total. The van der Waals surface area contributed by atoms with Gasteiger partial charge in [-0.15, -0.1) is 0 Å². The zero-order chi connectivity index (χ0) is 13.6. The van der Waals surface area contributed by atoms with Gasteiger partial charge in [0.05, 0.1) is 18.3 Å². The smallest absolute Gasteiger partial charge is 0.356 e. The summed E-state index contributed by atoms with van der Waals surface area (Å²) in [6.07, 6.45) is 0. The highest BCUT2D eigenvalue weighted by molar-refractivity contribution is 6.11. The van der Waals surface area contributed by atoms with Gasteiger partial charge in [0, 0.05) is 16.3 Å². The third-order valence-corrected chi connectivity index (χ3v) is 3.46. The number of para-hydroxylation sites is 1. The number of nitrogens with one attached hydrogen (secondary N) is 1. The van der Waals surface area contributed by atoms with Gasteiger partial charge in [0.15, 0.2) is 5.69 Å². The predicted octanol–water partition coefficient (Wildman–Crippen LogP) is 3.12. The maximum Gasteiger partial charge on any atom is 0.356 e. The zero-order valence-electron chi connectivity index (χ0n) is 11.1. The normalized spacial score (nSPS) is 11.1. The Bertz CT molecular complexity index is 803. The van der Waals surface area contributed by atoms with Crippen molar-refractivity contribution in [2.24, 2.45) is 0 Å². The summed E-state index contributed by atoms with van der Waals surface area (Å²) in [6.45, 7) is 3.80. The maximum atomic E-state index is 11.8. The van der Waals surface area contributed by atoms with Gasteiger partial charge in [-0.2, -0.15) is 0 Å². The van der Waals surface area contributed by atoms with E-state index in [1.165, 1.54) is 7.11 Å². The second-order valence-electron chi connectivity index (χ2n) is 4.58. The van der Waals surface area contributed by atoms with Gasteiger partial charge < -0.3 is 9.72 Å². The largest absolute Gasteiger partial charge is 0.464 e. The number of aryl methyl sites for hydroxylation is 2. The molecule has 2 heterocycles. The molecular weight excluding hydrogens is 240 g/mol. The first-order valence-corrected chi connectivity index (χ1v) is 6.09. The summed E-state index contributed by atoms with van der Waals surface area (Å²) in [7, 11) is 1.37. The van der Waals surface area contributed by atoms with E-state index in [-0.39, 0.29) is 0 Å². The fourth-order valence-electron chi connectivity index (χ4n) is 2.52. The minimum Gasteiger partial charge on any atom is -0.464 e. The van der Waals surface area contributed by atoms with E-state index in [0.717, 1.165) is 33.1 Å². The van der Waals surface area contributed by atoms with E-state index in [4.69, 9.17) is 4.74 Å². The Morgan fingerprint density at radius 1 is 1.26 bits per heavy atom. The van der Waals surface area contributed by atoms with E-state index < -0.39 is 5.97 Å². The Morgan fingerprint density at radius 3 is 2.74 bits per heavy atom. The van der Waals surface area contributed by atoms with Gasteiger partial charge in [-0.25, -0.2) is 9.78 Å². The molecule has 96 valence electrons. The molecule has 0 aliphatic heterocycles. The number of hydrogen-bond donors (Lipinski definition) is 1. The molecule has 3 aromatic rings. The minimum absolute atomic E-state index is 0.386. The topological polar surface area (TPSA) is 55.0 Å². The average molecular weight is 254 g/mol. The van der Waals surface area contributed by atoms with Crippen molar-refractivity contribution < 1.29 is 9.53 Å². The molecular formula is C15H14N2O2. The molecule has 0 saturated carbocycles. The molecule has 3 rings (SSSR count). The van der Waals surface area contributed by atoms with Crippen LogP contribution in [0.2, 0.25) is 0 Å². The standard InChI is InChI=1S/C15H14N2O2/c1-8-12-10-6-4-5-7-11(10)17-14(12)9(2)16-13(8)15(18)19-3/h4-7,17H,1-3H3. The van der Waals surface area contributed by atoms with Crippen LogP contribution < -0.4 is 0 Å². The molecule has 0 spiro atoms. The molecule has 0 unspecified atom stereocenters. The fourth-order valence-corrected chi connectivity index (χ4v) is 2.52. The van der Waals surface area contributed by atoms with Gasteiger partial charge in [0.25, 0.3) is 0 Å². The number of methoxy groups -OCH3 is 1. The van der Waals surface area contributed by atoms with Crippen molar-refractivity contribution in [3.05, 3.63) is 41.2 Å². The molecule has 0 fully saturated rings. The van der Waals surface area contributed by atoms with E-state index in [9.17, 15) is 4.79 Å². The molecule has 0 atom stereocenters. The second kappa shape index (κ2) is 4.09. The summed E-state index contributed by atoms with van der Waals surface area (Å²) in [6, 6.07) is 8.04. The van der Waals surface area contributed by atoms with Crippen LogP contribution in [0.15, 0.2) is 24.3 Å². The third-order valence-electron chi connectivity index (χ3n) is 3.46. The van der Waals surface area contributed by atoms with Crippen LogP contribution in [-0.4, -0.2) is 23.0 Å². The number of rotatable bonds is 1. The van der Waals surface area contributed by atoms with Crippen LogP contribution in [0, 0.1) is 13.8 Å². The number of H-pyrrole nitrogens is 1. The van der Waals surface area contributed by atoms with Crippen LogP contribution in [0.4, 0.5) is 0 Å². The minimum atomic E-state index is -0.396. The number of aromatic nitrogens is 2. The highest BCUT2D eigenvalue weighted by Crippen LogP contribution is 2.30. The highest BCUT2D eigenvalue weighted by Gasteiger charge is 2.18. The number of benzene rings is 1. The predicted molar refractivity (Wildman–Crippen MR) is 74.4 cm³/mol. The van der Waals surface area contributed by atoms with Crippen molar-refractivity contribution >= 4 is 27.8 Å². The van der Waals surface area contributed by atoms with E-state index >= 15 is 0 Å². The molecule has 19 heavy (non-hydrogen) atoms. The summed E-state index contributed by atoms with van der Waals surface area (Å²) in [5, 5.41) is 2.15. The Kier molecular flexibility index (Phi) is 2.52. The molecule has 0 aliphatic rings. The van der Waals surface area contributed by atoms with Gasteiger partial charge >= 0.3 is 5.97 Å². The molecule has 4 heteroatoms. The number of hydrogen-bond acceptors (Lipinski definition) is 3. The molecule has 0 amide bonds. The Labute approximate surface area is 110 Å². The molecule has 4 nitrogen and oxygen atoms in total. The lowest BCUT2D eigenvalue weighted by Gasteiger charge is -2.06. The Balaban J connectivity index is 2.49.